The fourth-order valence-electron chi connectivity index (χ4n) is 7.97. The van der Waals surface area contributed by atoms with Crippen LogP contribution in [-0.4, -0.2) is 48.3 Å². The van der Waals surface area contributed by atoms with Gasteiger partial charge >= 0.3 is 6.18 Å². The molecule has 3 heterocycles. The number of hydrogen-bond acceptors (Lipinski definition) is 6. The van der Waals surface area contributed by atoms with Crippen LogP contribution in [0.1, 0.15) is 45.6 Å². The lowest BCUT2D eigenvalue weighted by molar-refractivity contribution is -0.141. The minimum absolute atomic E-state index is 0.0676. The smallest absolute Gasteiger partial charge is 0.371 e. The fraction of sp³-hybridized carbons (Fsp3) is 0.178. The van der Waals surface area contributed by atoms with Gasteiger partial charge in [0.1, 0.15) is 5.54 Å². The van der Waals surface area contributed by atoms with E-state index in [1.54, 1.807) is 36.5 Å². The van der Waals surface area contributed by atoms with Crippen molar-refractivity contribution < 1.29 is 26.4 Å². The number of ketones is 1. The van der Waals surface area contributed by atoms with Crippen LogP contribution in [0.25, 0.3) is 22.0 Å². The summed E-state index contributed by atoms with van der Waals surface area (Å²) >= 11 is 0. The van der Waals surface area contributed by atoms with Crippen molar-refractivity contribution in [2.45, 2.75) is 29.5 Å². The molecule has 7 aromatic rings. The molecule has 11 heteroatoms. The molecule has 0 radical (unpaired) electrons. The summed E-state index contributed by atoms with van der Waals surface area (Å²) in [6, 6.07) is 41.4. The van der Waals surface area contributed by atoms with Crippen molar-refractivity contribution in [2.75, 3.05) is 24.2 Å². The summed E-state index contributed by atoms with van der Waals surface area (Å²) in [6.45, 7) is 1.04. The van der Waals surface area contributed by atoms with Crippen LogP contribution in [0, 0.1) is 5.92 Å². The maximum atomic E-state index is 15.2. The molecule has 0 N–H and O–H groups in total. The highest BCUT2D eigenvalue weighted by atomic mass is 32.2. The lowest BCUT2D eigenvalue weighted by Crippen LogP contribution is -2.38. The molecule has 1 saturated heterocycles. The Balaban J connectivity index is 1.20. The summed E-state index contributed by atoms with van der Waals surface area (Å²) in [5.41, 5.74) is 2.03. The van der Waals surface area contributed by atoms with Crippen LogP contribution in [0.15, 0.2) is 157 Å². The first-order valence-corrected chi connectivity index (χ1v) is 20.2. The Kier molecular flexibility index (Phi) is 9.58. The first-order valence-electron chi connectivity index (χ1n) is 18.3. The second kappa shape index (κ2) is 14.5. The predicted molar refractivity (Wildman–Crippen MR) is 211 cm³/mol. The third-order valence-electron chi connectivity index (χ3n) is 10.7. The molecular weight excluding hydrogens is 734 g/mol. The Morgan fingerprint density at radius 1 is 0.732 bits per heavy atom. The van der Waals surface area contributed by atoms with Crippen LogP contribution in [0.2, 0.25) is 0 Å². The van der Waals surface area contributed by atoms with Crippen LogP contribution in [0.5, 0.6) is 0 Å². The van der Waals surface area contributed by atoms with Crippen LogP contribution in [-0.2, 0) is 21.6 Å². The molecule has 0 bridgehead atoms. The Labute approximate surface area is 323 Å². The SMILES string of the molecule is CS(=O)(=O)c1cccc(C(=O)C2CCN(c3ccnc4ccc(-c5cn(C(c6ccccc6)(c6ccccc6)c6ccccc6)nc5C(F)(F)F)cc34)CC2)c1. The number of pyridine rings is 1. The van der Waals surface area contributed by atoms with Crippen molar-refractivity contribution in [1.29, 1.82) is 0 Å². The van der Waals surface area contributed by atoms with E-state index in [1.807, 2.05) is 97.1 Å². The zero-order valence-corrected chi connectivity index (χ0v) is 31.2. The lowest BCUT2D eigenvalue weighted by Gasteiger charge is -2.36. The maximum Gasteiger partial charge on any atom is 0.435 e. The van der Waals surface area contributed by atoms with Gasteiger partial charge in [0.2, 0.25) is 0 Å². The Hall–Kier alpha value is -6.07. The highest BCUT2D eigenvalue weighted by molar-refractivity contribution is 7.90. The van der Waals surface area contributed by atoms with Gasteiger partial charge in [-0.3, -0.25) is 14.5 Å². The summed E-state index contributed by atoms with van der Waals surface area (Å²) in [6.07, 6.45) is 0.566. The van der Waals surface area contributed by atoms with Gasteiger partial charge in [-0.05, 0) is 65.4 Å². The number of halogens is 3. The molecule has 0 unspecified atom stereocenters. The molecular formula is C45H37F3N4O3S. The number of hydrogen-bond donors (Lipinski definition) is 0. The zero-order chi connectivity index (χ0) is 39.1. The van der Waals surface area contributed by atoms with Gasteiger partial charge in [-0.2, -0.15) is 18.3 Å². The molecule has 7 nitrogen and oxygen atoms in total. The summed E-state index contributed by atoms with van der Waals surface area (Å²) in [7, 11) is -3.47. The average Bonchev–Trinajstić information content (AvgIpc) is 3.68. The number of nitrogens with zero attached hydrogens (tertiary/aromatic N) is 4. The number of piperidine rings is 1. The average molecular weight is 771 g/mol. The summed E-state index contributed by atoms with van der Waals surface area (Å²) in [5.74, 6) is -0.407. The van der Waals surface area contributed by atoms with E-state index in [9.17, 15) is 13.2 Å². The number of benzene rings is 5. The molecule has 0 atom stereocenters. The summed E-state index contributed by atoms with van der Waals surface area (Å²) in [4.78, 5) is 20.2. The second-order valence-corrected chi connectivity index (χ2v) is 16.1. The van der Waals surface area contributed by atoms with E-state index < -0.39 is 27.2 Å². The van der Waals surface area contributed by atoms with E-state index in [4.69, 9.17) is 0 Å². The van der Waals surface area contributed by atoms with Gasteiger partial charge in [0.05, 0.1) is 10.4 Å². The van der Waals surface area contributed by atoms with Gasteiger partial charge in [-0.15, -0.1) is 0 Å². The van der Waals surface area contributed by atoms with Gasteiger partial charge in [0, 0.05) is 59.9 Å². The number of anilines is 1. The molecule has 1 fully saturated rings. The van der Waals surface area contributed by atoms with Gasteiger partial charge < -0.3 is 4.90 Å². The third-order valence-corrected chi connectivity index (χ3v) is 11.8. The molecule has 2 aromatic heterocycles. The van der Waals surface area contributed by atoms with E-state index >= 15 is 13.2 Å². The molecule has 282 valence electrons. The van der Waals surface area contributed by atoms with Crippen LogP contribution < -0.4 is 4.90 Å². The van der Waals surface area contributed by atoms with Gasteiger partial charge in [0.15, 0.2) is 21.3 Å². The van der Waals surface area contributed by atoms with Crippen molar-refractivity contribution >= 4 is 32.2 Å². The Morgan fingerprint density at radius 2 is 1.32 bits per heavy atom. The number of Topliss-reactive ketones (excluding diaryl/α,β-unsaturated/α-hetero) is 1. The molecule has 0 saturated carbocycles. The van der Waals surface area contributed by atoms with Crippen molar-refractivity contribution in [2.24, 2.45) is 5.92 Å². The number of carbonyl (C=O) groups is 1. The van der Waals surface area contributed by atoms with Crippen LogP contribution in [0.4, 0.5) is 18.9 Å². The molecule has 0 spiro atoms. The highest BCUT2D eigenvalue weighted by Crippen LogP contribution is 2.45. The monoisotopic (exact) mass is 770 g/mol. The quantitative estimate of drug-likeness (QED) is 0.107. The van der Waals surface area contributed by atoms with Gasteiger partial charge in [-0.25, -0.2) is 8.42 Å². The van der Waals surface area contributed by atoms with E-state index in [0.29, 0.717) is 48.0 Å². The third kappa shape index (κ3) is 6.76. The molecule has 0 amide bonds. The molecule has 1 aliphatic heterocycles. The first kappa shape index (κ1) is 36.9. The topological polar surface area (TPSA) is 85.2 Å². The highest BCUT2D eigenvalue weighted by Gasteiger charge is 2.44. The van der Waals surface area contributed by atoms with Crippen molar-refractivity contribution in [3.8, 4) is 11.1 Å². The molecule has 1 aliphatic rings. The predicted octanol–water partition coefficient (Wildman–Crippen LogP) is 9.46. The Bertz CT molecular complexity index is 2540. The molecule has 8 rings (SSSR count). The molecule has 0 aliphatic carbocycles. The van der Waals surface area contributed by atoms with Gasteiger partial charge in [0.25, 0.3) is 0 Å². The molecule has 5 aromatic carbocycles. The first-order chi connectivity index (χ1) is 26.9. The lowest BCUT2D eigenvalue weighted by atomic mass is 9.77. The second-order valence-electron chi connectivity index (χ2n) is 14.1. The number of fused-ring (bicyclic) bond motifs is 1. The standard InChI is InChI=1S/C45H37F3N4O3S/c1-56(54,55)37-19-11-12-33(28-37)42(53)31-23-26-51(27-24-31)41-22-25-49-40-21-20-32(29-38(40)41)39-30-52(50-43(39)45(46,47)48)44(34-13-5-2-6-14-34,35-15-7-3-8-16-35)36-17-9-4-10-18-36/h2-22,25,28-31H,23-24,26-27H2,1H3. The number of aromatic nitrogens is 3. The summed E-state index contributed by atoms with van der Waals surface area (Å²) in [5, 5.41) is 5.10. The number of rotatable bonds is 9. The largest absolute Gasteiger partial charge is 0.435 e. The minimum atomic E-state index is -4.78. The van der Waals surface area contributed by atoms with Gasteiger partial charge in [-0.1, -0.05) is 109 Å². The summed E-state index contributed by atoms with van der Waals surface area (Å²) < 4.78 is 71.2. The van der Waals surface area contributed by atoms with E-state index in [0.717, 1.165) is 28.6 Å². The normalized spacial score (nSPS) is 14.2. The molecule has 56 heavy (non-hydrogen) atoms. The van der Waals surface area contributed by atoms with E-state index in [2.05, 4.69) is 15.0 Å². The van der Waals surface area contributed by atoms with E-state index in [1.165, 1.54) is 23.0 Å². The van der Waals surface area contributed by atoms with Crippen molar-refractivity contribution in [1.82, 2.24) is 14.8 Å². The van der Waals surface area contributed by atoms with Crippen molar-refractivity contribution in [3.05, 3.63) is 180 Å². The van der Waals surface area contributed by atoms with Crippen molar-refractivity contribution in [3.63, 3.8) is 0 Å². The number of carbonyl (C=O) groups excluding carboxylic acids is 1. The van der Waals surface area contributed by atoms with Crippen LogP contribution >= 0.6 is 0 Å². The fourth-order valence-corrected chi connectivity index (χ4v) is 8.64. The maximum absolute atomic E-state index is 15.2. The minimum Gasteiger partial charge on any atom is -0.371 e. The Morgan fingerprint density at radius 3 is 1.88 bits per heavy atom. The van der Waals surface area contributed by atoms with E-state index in [-0.39, 0.29) is 22.2 Å². The van der Waals surface area contributed by atoms with Crippen LogP contribution in [0.3, 0.4) is 0 Å². The number of alkyl halides is 3. The number of sulfone groups is 1. The zero-order valence-electron chi connectivity index (χ0n) is 30.4.